The second-order valence-corrected chi connectivity index (χ2v) is 6.47. The number of carbonyl (C=O) groups excluding carboxylic acids is 1. The second-order valence-electron chi connectivity index (χ2n) is 6.03. The molecule has 2 aromatic rings. The van der Waals surface area contributed by atoms with E-state index >= 15 is 0 Å². The number of amides is 1. The number of rotatable bonds is 5. The van der Waals surface area contributed by atoms with Crippen molar-refractivity contribution >= 4 is 23.2 Å². The largest absolute Gasteiger partial charge is 0.394 e. The summed E-state index contributed by atoms with van der Waals surface area (Å²) in [7, 11) is 0. The van der Waals surface area contributed by atoms with Crippen LogP contribution in [0.2, 0.25) is 5.02 Å². The predicted molar refractivity (Wildman–Crippen MR) is 92.2 cm³/mol. The molecule has 0 fully saturated rings. The van der Waals surface area contributed by atoms with Crippen LogP contribution in [-0.2, 0) is 0 Å². The van der Waals surface area contributed by atoms with Crippen LogP contribution in [0.25, 0.3) is 11.1 Å². The monoisotopic (exact) mass is 348 g/mol. The predicted octanol–water partition coefficient (Wildman–Crippen LogP) is 3.42. The van der Waals surface area contributed by atoms with Crippen molar-refractivity contribution < 1.29 is 14.8 Å². The van der Waals surface area contributed by atoms with E-state index in [9.17, 15) is 20.0 Å². The zero-order valence-corrected chi connectivity index (χ0v) is 14.0. The Morgan fingerprint density at radius 3 is 2.38 bits per heavy atom. The molecule has 24 heavy (non-hydrogen) atoms. The lowest BCUT2D eigenvalue weighted by molar-refractivity contribution is -0.384. The Bertz CT molecular complexity index is 773. The number of nitro benzene ring substituents is 1. The molecule has 0 aromatic heterocycles. The summed E-state index contributed by atoms with van der Waals surface area (Å²) in [4.78, 5) is 23.0. The van der Waals surface area contributed by atoms with E-state index in [0.717, 1.165) is 0 Å². The van der Waals surface area contributed by atoms with Gasteiger partial charge in [-0.05, 0) is 43.2 Å². The topological polar surface area (TPSA) is 92.5 Å². The fraction of sp³-hybridized carbons (Fsp3) is 0.235. The van der Waals surface area contributed by atoms with Gasteiger partial charge in [0.15, 0.2) is 0 Å². The van der Waals surface area contributed by atoms with Crippen LogP contribution < -0.4 is 5.32 Å². The van der Waals surface area contributed by atoms with E-state index in [0.29, 0.717) is 16.1 Å². The molecular formula is C17H17ClN2O4. The molecule has 2 N–H and O–H groups in total. The normalized spacial score (nSPS) is 11.2. The SMILES string of the molecule is CC(C)(CO)NC(=O)c1cc(-c2ccc(Cl)cc2)cc([N+](=O)[O-])c1. The van der Waals surface area contributed by atoms with Gasteiger partial charge in [0.05, 0.1) is 17.1 Å². The molecule has 0 saturated carbocycles. The van der Waals surface area contributed by atoms with Gasteiger partial charge >= 0.3 is 0 Å². The van der Waals surface area contributed by atoms with E-state index in [1.54, 1.807) is 44.2 Å². The summed E-state index contributed by atoms with van der Waals surface area (Å²) in [6.45, 7) is 3.06. The van der Waals surface area contributed by atoms with Gasteiger partial charge in [0.1, 0.15) is 0 Å². The highest BCUT2D eigenvalue weighted by molar-refractivity contribution is 6.30. The Labute approximate surface area is 144 Å². The number of nitrogens with one attached hydrogen (secondary N) is 1. The minimum atomic E-state index is -0.831. The molecule has 0 saturated heterocycles. The Balaban J connectivity index is 2.47. The smallest absolute Gasteiger partial charge is 0.270 e. The molecule has 0 heterocycles. The van der Waals surface area contributed by atoms with Crippen LogP contribution in [0.15, 0.2) is 42.5 Å². The number of aliphatic hydroxyl groups excluding tert-OH is 1. The number of aliphatic hydroxyl groups is 1. The van der Waals surface area contributed by atoms with Gasteiger partial charge in [0.2, 0.25) is 0 Å². The number of carbonyl (C=O) groups is 1. The lowest BCUT2D eigenvalue weighted by Gasteiger charge is -2.23. The molecule has 1 amide bonds. The van der Waals surface area contributed by atoms with E-state index in [1.165, 1.54) is 12.1 Å². The van der Waals surface area contributed by atoms with Crippen molar-refractivity contribution in [2.75, 3.05) is 6.61 Å². The number of halogens is 1. The van der Waals surface area contributed by atoms with Crippen molar-refractivity contribution in [3.63, 3.8) is 0 Å². The quantitative estimate of drug-likeness (QED) is 0.639. The van der Waals surface area contributed by atoms with E-state index in [4.69, 9.17) is 11.6 Å². The summed E-state index contributed by atoms with van der Waals surface area (Å²) in [6, 6.07) is 11.0. The van der Waals surface area contributed by atoms with Gasteiger partial charge in [0, 0.05) is 22.7 Å². The highest BCUT2D eigenvalue weighted by Gasteiger charge is 2.22. The van der Waals surface area contributed by atoms with Crippen molar-refractivity contribution in [3.05, 3.63) is 63.2 Å². The fourth-order valence-electron chi connectivity index (χ4n) is 2.08. The van der Waals surface area contributed by atoms with Crippen LogP contribution in [0.4, 0.5) is 5.69 Å². The van der Waals surface area contributed by atoms with Crippen molar-refractivity contribution in [1.29, 1.82) is 0 Å². The maximum Gasteiger partial charge on any atom is 0.270 e. The number of hydrogen-bond donors (Lipinski definition) is 2. The maximum atomic E-state index is 12.4. The average Bonchev–Trinajstić information content (AvgIpc) is 2.54. The van der Waals surface area contributed by atoms with Crippen LogP contribution in [0, 0.1) is 10.1 Å². The van der Waals surface area contributed by atoms with E-state index in [1.807, 2.05) is 0 Å². The van der Waals surface area contributed by atoms with Crippen LogP contribution in [0.5, 0.6) is 0 Å². The first-order chi connectivity index (χ1) is 11.2. The third-order valence-electron chi connectivity index (χ3n) is 3.42. The molecule has 0 spiro atoms. The first kappa shape index (κ1) is 17.9. The molecule has 0 radical (unpaired) electrons. The number of nitrogens with zero attached hydrogens (tertiary/aromatic N) is 1. The molecule has 2 aromatic carbocycles. The van der Waals surface area contributed by atoms with Crippen LogP contribution in [0.3, 0.4) is 0 Å². The van der Waals surface area contributed by atoms with Crippen LogP contribution >= 0.6 is 11.6 Å². The first-order valence-electron chi connectivity index (χ1n) is 7.21. The molecule has 7 heteroatoms. The first-order valence-corrected chi connectivity index (χ1v) is 7.58. The highest BCUT2D eigenvalue weighted by Crippen LogP contribution is 2.27. The zero-order chi connectivity index (χ0) is 17.9. The Morgan fingerprint density at radius 1 is 1.21 bits per heavy atom. The minimum Gasteiger partial charge on any atom is -0.394 e. The number of hydrogen-bond acceptors (Lipinski definition) is 4. The van der Waals surface area contributed by atoms with Crippen molar-refractivity contribution in [2.45, 2.75) is 19.4 Å². The van der Waals surface area contributed by atoms with E-state index in [2.05, 4.69) is 5.32 Å². The maximum absolute atomic E-state index is 12.4. The molecule has 0 atom stereocenters. The molecule has 6 nitrogen and oxygen atoms in total. The standard InChI is InChI=1S/C17H17ClN2O4/c1-17(2,10-21)19-16(22)13-7-12(8-15(9-13)20(23)24)11-3-5-14(18)6-4-11/h3-9,21H,10H2,1-2H3,(H,19,22). The molecule has 0 aliphatic rings. The summed E-state index contributed by atoms with van der Waals surface area (Å²) >= 11 is 5.86. The molecule has 0 bridgehead atoms. The molecular weight excluding hydrogens is 332 g/mol. The number of nitro groups is 1. The molecule has 0 aliphatic carbocycles. The fourth-order valence-corrected chi connectivity index (χ4v) is 2.20. The molecule has 0 aliphatic heterocycles. The van der Waals surface area contributed by atoms with Crippen molar-refractivity contribution in [2.24, 2.45) is 0 Å². The lowest BCUT2D eigenvalue weighted by Crippen LogP contribution is -2.46. The molecule has 0 unspecified atom stereocenters. The average molecular weight is 349 g/mol. The summed E-state index contributed by atoms with van der Waals surface area (Å²) in [6.07, 6.45) is 0. The van der Waals surface area contributed by atoms with Gasteiger partial charge in [-0.15, -0.1) is 0 Å². The van der Waals surface area contributed by atoms with Crippen molar-refractivity contribution in [3.8, 4) is 11.1 Å². The Morgan fingerprint density at radius 2 is 1.83 bits per heavy atom. The highest BCUT2D eigenvalue weighted by atomic mass is 35.5. The minimum absolute atomic E-state index is 0.149. The molecule has 2 rings (SSSR count). The zero-order valence-electron chi connectivity index (χ0n) is 13.2. The molecule has 126 valence electrons. The van der Waals surface area contributed by atoms with Gasteiger partial charge in [0.25, 0.3) is 11.6 Å². The van der Waals surface area contributed by atoms with Crippen LogP contribution in [0.1, 0.15) is 24.2 Å². The summed E-state index contributed by atoms with van der Waals surface area (Å²) in [5.41, 5.74) is 0.374. The summed E-state index contributed by atoms with van der Waals surface area (Å²) in [5.74, 6) is -0.493. The third-order valence-corrected chi connectivity index (χ3v) is 3.67. The van der Waals surface area contributed by atoms with Gasteiger partial charge in [-0.3, -0.25) is 14.9 Å². The van der Waals surface area contributed by atoms with E-state index < -0.39 is 16.4 Å². The Hall–Kier alpha value is -2.44. The number of non-ortho nitro benzene ring substituents is 1. The Kier molecular flexibility index (Phi) is 5.21. The van der Waals surface area contributed by atoms with Gasteiger partial charge in [-0.2, -0.15) is 0 Å². The second kappa shape index (κ2) is 6.98. The van der Waals surface area contributed by atoms with Crippen LogP contribution in [-0.4, -0.2) is 28.1 Å². The van der Waals surface area contributed by atoms with E-state index in [-0.39, 0.29) is 17.9 Å². The van der Waals surface area contributed by atoms with Gasteiger partial charge in [-0.25, -0.2) is 0 Å². The van der Waals surface area contributed by atoms with Gasteiger partial charge < -0.3 is 10.4 Å². The lowest BCUT2D eigenvalue weighted by atomic mass is 10.0. The van der Waals surface area contributed by atoms with Gasteiger partial charge in [-0.1, -0.05) is 23.7 Å². The number of benzene rings is 2. The third kappa shape index (κ3) is 4.31. The summed E-state index contributed by atoms with van der Waals surface area (Å²) in [5, 5.41) is 23.6. The van der Waals surface area contributed by atoms with Crippen molar-refractivity contribution in [1.82, 2.24) is 5.32 Å². The summed E-state index contributed by atoms with van der Waals surface area (Å²) < 4.78 is 0.